The van der Waals surface area contributed by atoms with Gasteiger partial charge in [0.1, 0.15) is 12.2 Å². The van der Waals surface area contributed by atoms with Crippen molar-refractivity contribution in [3.63, 3.8) is 0 Å². The number of ether oxygens (including phenoxy) is 2. The summed E-state index contributed by atoms with van der Waals surface area (Å²) in [6, 6.07) is 0. The summed E-state index contributed by atoms with van der Waals surface area (Å²) in [5.74, 6) is -0.283. The molecule has 0 aromatic heterocycles. The molecule has 0 radical (unpaired) electrons. The summed E-state index contributed by atoms with van der Waals surface area (Å²) < 4.78 is 11.8. The Morgan fingerprint density at radius 3 is 0.982 bits per heavy atom. The summed E-state index contributed by atoms with van der Waals surface area (Å²) >= 11 is 0. The van der Waals surface area contributed by atoms with Crippen molar-refractivity contribution in [1.29, 1.82) is 0 Å². The number of unbranched alkanes of at least 4 members (excludes halogenated alkanes) is 22. The number of nitrogens with zero attached hydrogens (tertiary/aromatic N) is 2. The highest BCUT2D eigenvalue weighted by molar-refractivity contribution is 5.96. The van der Waals surface area contributed by atoms with E-state index in [2.05, 4.69) is 52.0 Å². The lowest BCUT2D eigenvalue weighted by Gasteiger charge is -2.19. The summed E-state index contributed by atoms with van der Waals surface area (Å²) in [4.78, 5) is 35.1. The first kappa shape index (κ1) is 53.8. The maximum atomic E-state index is 12.8. The molecule has 0 saturated heterocycles. The molecule has 0 heterocycles. The first-order valence-corrected chi connectivity index (χ1v) is 24.1. The average molecular weight is 785 g/mol. The lowest BCUT2D eigenvalue weighted by atomic mass is 10.0. The fraction of sp³-hybridized carbons (Fsp3) is 0.840. The highest BCUT2D eigenvalue weighted by atomic mass is 16.5. The fourth-order valence-electron chi connectivity index (χ4n) is 6.92. The van der Waals surface area contributed by atoms with Crippen molar-refractivity contribution in [3.8, 4) is 0 Å². The zero-order valence-electron chi connectivity index (χ0n) is 38.0. The van der Waals surface area contributed by atoms with Gasteiger partial charge in [-0.15, -0.1) is 0 Å². The van der Waals surface area contributed by atoms with Crippen LogP contribution in [0.25, 0.3) is 0 Å². The van der Waals surface area contributed by atoms with Crippen LogP contribution in [0.2, 0.25) is 0 Å². The van der Waals surface area contributed by atoms with Crippen molar-refractivity contribution in [2.75, 3.05) is 13.1 Å². The second-order valence-electron chi connectivity index (χ2n) is 16.2. The monoisotopic (exact) mass is 785 g/mol. The Morgan fingerprint density at radius 1 is 0.393 bits per heavy atom. The van der Waals surface area contributed by atoms with E-state index in [9.17, 15) is 9.59 Å². The Morgan fingerprint density at radius 2 is 0.679 bits per heavy atom. The highest BCUT2D eigenvalue weighted by Gasteiger charge is 2.20. The number of aliphatic imine (C=N–C) groups is 2. The van der Waals surface area contributed by atoms with Gasteiger partial charge < -0.3 is 9.47 Å². The molecule has 2 atom stereocenters. The Labute approximate surface area is 348 Å². The van der Waals surface area contributed by atoms with Crippen molar-refractivity contribution < 1.29 is 19.1 Å². The number of hydrogen-bond acceptors (Lipinski definition) is 6. The number of carbonyl (C=O) groups is 2. The third-order valence-electron chi connectivity index (χ3n) is 10.6. The van der Waals surface area contributed by atoms with Gasteiger partial charge in [0.2, 0.25) is 0 Å². The second kappa shape index (κ2) is 42.4. The predicted molar refractivity (Wildman–Crippen MR) is 244 cm³/mol. The molecule has 0 aliphatic rings. The molecule has 0 aliphatic carbocycles. The standard InChI is InChI=1S/C50H92N2O4/c1-7-11-13-15-17-19-21-23-25-27-29-31-33-35-37-39-49(53)55-45(5)47(51-43-9-3)41-42-48(52-44-10-4)46(6)56-50(54)40-38-36-34-32-30-28-26-24-22-20-18-16-14-12-8-2/h23-26,45-46H,7-22,27-44H2,1-6H3/b25-23-,26-24-,51-47?,52-48?. The second-order valence-corrected chi connectivity index (χ2v) is 16.2. The number of rotatable bonds is 41. The third-order valence-corrected chi connectivity index (χ3v) is 10.6. The van der Waals surface area contributed by atoms with Crippen LogP contribution in [0.5, 0.6) is 0 Å². The molecule has 0 saturated carbocycles. The van der Waals surface area contributed by atoms with Crippen LogP contribution in [0.4, 0.5) is 0 Å². The number of esters is 2. The van der Waals surface area contributed by atoms with E-state index in [4.69, 9.17) is 19.5 Å². The summed E-state index contributed by atoms with van der Waals surface area (Å²) in [7, 11) is 0. The average Bonchev–Trinajstić information content (AvgIpc) is 3.18. The zero-order chi connectivity index (χ0) is 41.2. The molecule has 0 aliphatic heterocycles. The Balaban J connectivity index is 4.40. The van der Waals surface area contributed by atoms with Gasteiger partial charge in [-0.05, 0) is 104 Å². The summed E-state index contributed by atoms with van der Waals surface area (Å²) in [5, 5.41) is 0. The lowest BCUT2D eigenvalue weighted by molar-refractivity contribution is -0.146. The van der Waals surface area contributed by atoms with E-state index in [0.29, 0.717) is 38.8 Å². The van der Waals surface area contributed by atoms with E-state index < -0.39 is 0 Å². The molecule has 0 aromatic carbocycles. The van der Waals surface area contributed by atoms with Crippen molar-refractivity contribution in [2.24, 2.45) is 9.98 Å². The molecular weight excluding hydrogens is 693 g/mol. The van der Waals surface area contributed by atoms with Crippen molar-refractivity contribution in [3.05, 3.63) is 24.3 Å². The quantitative estimate of drug-likeness (QED) is 0.0268. The smallest absolute Gasteiger partial charge is 0.306 e. The van der Waals surface area contributed by atoms with Gasteiger partial charge in [-0.1, -0.05) is 155 Å². The first-order chi connectivity index (χ1) is 27.4. The topological polar surface area (TPSA) is 77.3 Å². The molecular formula is C50H92N2O4. The molecule has 0 bridgehead atoms. The van der Waals surface area contributed by atoms with E-state index in [1.165, 1.54) is 128 Å². The zero-order valence-corrected chi connectivity index (χ0v) is 38.0. The minimum Gasteiger partial charge on any atom is -0.457 e. The first-order valence-electron chi connectivity index (χ1n) is 24.1. The molecule has 0 rings (SSSR count). The maximum Gasteiger partial charge on any atom is 0.306 e. The highest BCUT2D eigenvalue weighted by Crippen LogP contribution is 2.15. The Hall–Kier alpha value is -2.24. The number of carbonyl (C=O) groups excluding carboxylic acids is 2. The van der Waals surface area contributed by atoms with Gasteiger partial charge >= 0.3 is 11.9 Å². The SMILES string of the molecule is CCCCCCCC/C=C\CCCCCCCC(=O)OC(C)C(CCC(=NCCC)C(C)OC(=O)CCCCCCC/C=C\CCCCCCCC)=NCCC. The maximum absolute atomic E-state index is 12.8. The molecule has 0 aromatic rings. The molecule has 0 fully saturated rings. The van der Waals surface area contributed by atoms with Crippen LogP contribution >= 0.6 is 0 Å². The van der Waals surface area contributed by atoms with E-state index in [1.807, 2.05) is 13.8 Å². The molecule has 0 N–H and O–H groups in total. The predicted octanol–water partition coefficient (Wildman–Crippen LogP) is 15.4. The molecule has 56 heavy (non-hydrogen) atoms. The van der Waals surface area contributed by atoms with E-state index in [1.54, 1.807) is 0 Å². The molecule has 2 unspecified atom stereocenters. The molecule has 0 spiro atoms. The Kier molecular flexibility index (Phi) is 40.7. The van der Waals surface area contributed by atoms with Crippen LogP contribution < -0.4 is 0 Å². The minimum absolute atomic E-state index is 0.142. The number of allylic oxidation sites excluding steroid dienone is 4. The van der Waals surface area contributed by atoms with E-state index in [-0.39, 0.29) is 24.1 Å². The van der Waals surface area contributed by atoms with Gasteiger partial charge in [-0.3, -0.25) is 19.6 Å². The van der Waals surface area contributed by atoms with Crippen molar-refractivity contribution >= 4 is 23.4 Å². The van der Waals surface area contributed by atoms with Crippen molar-refractivity contribution in [2.45, 2.75) is 259 Å². The van der Waals surface area contributed by atoms with Crippen LogP contribution in [0.15, 0.2) is 34.3 Å². The largest absolute Gasteiger partial charge is 0.457 e. The van der Waals surface area contributed by atoms with Crippen LogP contribution in [0.1, 0.15) is 247 Å². The lowest BCUT2D eigenvalue weighted by Crippen LogP contribution is -2.29. The van der Waals surface area contributed by atoms with Crippen molar-refractivity contribution in [1.82, 2.24) is 0 Å². The number of hydrogen-bond donors (Lipinski definition) is 0. The van der Waals surface area contributed by atoms with E-state index in [0.717, 1.165) is 62.8 Å². The van der Waals surface area contributed by atoms with Gasteiger partial charge in [0.25, 0.3) is 0 Å². The molecule has 326 valence electrons. The van der Waals surface area contributed by atoms with Crippen LogP contribution in [-0.2, 0) is 19.1 Å². The van der Waals surface area contributed by atoms with Gasteiger partial charge in [0.15, 0.2) is 0 Å². The van der Waals surface area contributed by atoms with Gasteiger partial charge in [-0.25, -0.2) is 0 Å². The van der Waals surface area contributed by atoms with Gasteiger partial charge in [0.05, 0.1) is 11.4 Å². The van der Waals surface area contributed by atoms with Crippen LogP contribution in [-0.4, -0.2) is 48.7 Å². The van der Waals surface area contributed by atoms with E-state index >= 15 is 0 Å². The molecule has 6 nitrogen and oxygen atoms in total. The summed E-state index contributed by atoms with van der Waals surface area (Å²) in [6.45, 7) is 14.0. The molecule has 0 amide bonds. The summed E-state index contributed by atoms with van der Waals surface area (Å²) in [6.07, 6.45) is 44.9. The van der Waals surface area contributed by atoms with Gasteiger partial charge in [0, 0.05) is 25.9 Å². The van der Waals surface area contributed by atoms with Crippen LogP contribution in [0.3, 0.4) is 0 Å². The minimum atomic E-state index is -0.372. The van der Waals surface area contributed by atoms with Crippen LogP contribution in [0, 0.1) is 0 Å². The normalized spacial score (nSPS) is 13.5. The Bertz CT molecular complexity index is 937. The third kappa shape index (κ3) is 36.1. The summed E-state index contributed by atoms with van der Waals surface area (Å²) in [5.41, 5.74) is 1.78. The van der Waals surface area contributed by atoms with Gasteiger partial charge in [-0.2, -0.15) is 0 Å². The fourth-order valence-corrected chi connectivity index (χ4v) is 6.92. The molecule has 6 heteroatoms.